The molecule has 1 aliphatic rings. The molecule has 0 aromatic carbocycles. The quantitative estimate of drug-likeness (QED) is 0.879. The predicted molar refractivity (Wildman–Crippen MR) is 86.4 cm³/mol. The summed E-state index contributed by atoms with van der Waals surface area (Å²) < 4.78 is 6.35. The van der Waals surface area contributed by atoms with Crippen molar-refractivity contribution in [3.63, 3.8) is 0 Å². The first kappa shape index (κ1) is 16.1. The van der Waals surface area contributed by atoms with Gasteiger partial charge >= 0.3 is 6.09 Å². The smallest absolute Gasteiger partial charge is 0.410 e. The average Bonchev–Trinajstić information content (AvgIpc) is 2.37. The minimum absolute atomic E-state index is 0.218. The van der Waals surface area contributed by atoms with Crippen LogP contribution in [0.4, 0.5) is 10.5 Å². The van der Waals surface area contributed by atoms with Gasteiger partial charge in [0.2, 0.25) is 0 Å². The van der Waals surface area contributed by atoms with Crippen LogP contribution in [0.2, 0.25) is 0 Å². The molecule has 0 bridgehead atoms. The zero-order valence-corrected chi connectivity index (χ0v) is 14.3. The molecule has 1 saturated heterocycles. The van der Waals surface area contributed by atoms with Crippen LogP contribution in [0.1, 0.15) is 33.6 Å². The van der Waals surface area contributed by atoms with Crippen molar-refractivity contribution in [1.29, 1.82) is 0 Å². The van der Waals surface area contributed by atoms with E-state index >= 15 is 0 Å². The molecule has 116 valence electrons. The molecular weight excluding hydrogens is 334 g/mol. The Morgan fingerprint density at radius 2 is 2.05 bits per heavy atom. The molecule has 2 heterocycles. The summed E-state index contributed by atoms with van der Waals surface area (Å²) in [7, 11) is 0. The maximum atomic E-state index is 12.0. The van der Waals surface area contributed by atoms with E-state index in [1.165, 1.54) is 0 Å². The maximum Gasteiger partial charge on any atom is 0.410 e. The number of piperidine rings is 1. The van der Waals surface area contributed by atoms with Gasteiger partial charge in [0.1, 0.15) is 5.60 Å². The molecule has 21 heavy (non-hydrogen) atoms. The maximum absolute atomic E-state index is 12.0. The number of carbonyl (C=O) groups is 1. The van der Waals surface area contributed by atoms with Crippen LogP contribution in [0, 0.1) is 0 Å². The van der Waals surface area contributed by atoms with Gasteiger partial charge in [0.25, 0.3) is 0 Å². The molecule has 0 atom stereocenters. The number of nitrogens with zero attached hydrogens (tertiary/aromatic N) is 2. The first-order chi connectivity index (χ1) is 9.83. The molecule has 0 unspecified atom stereocenters. The third-order valence-electron chi connectivity index (χ3n) is 3.22. The molecule has 1 fully saturated rings. The second-order valence-electron chi connectivity index (χ2n) is 6.28. The number of likely N-dealkylation sites (tertiary alicyclic amines) is 1. The summed E-state index contributed by atoms with van der Waals surface area (Å²) in [5, 5.41) is 3.46. The van der Waals surface area contributed by atoms with Gasteiger partial charge in [-0.25, -0.2) is 4.79 Å². The van der Waals surface area contributed by atoms with Crippen LogP contribution in [-0.4, -0.2) is 40.7 Å². The molecule has 1 amide bonds. The van der Waals surface area contributed by atoms with E-state index in [4.69, 9.17) is 4.74 Å². The molecule has 1 aliphatic heterocycles. The van der Waals surface area contributed by atoms with E-state index in [0.29, 0.717) is 19.1 Å². The van der Waals surface area contributed by atoms with Gasteiger partial charge in [0, 0.05) is 29.8 Å². The number of aromatic nitrogens is 1. The highest BCUT2D eigenvalue weighted by Crippen LogP contribution is 2.20. The lowest BCUT2D eigenvalue weighted by Gasteiger charge is -2.34. The topological polar surface area (TPSA) is 54.5 Å². The number of anilines is 1. The third kappa shape index (κ3) is 5.19. The summed E-state index contributed by atoms with van der Waals surface area (Å²) in [4.78, 5) is 17.9. The number of hydrogen-bond acceptors (Lipinski definition) is 4. The molecule has 1 aromatic heterocycles. The summed E-state index contributed by atoms with van der Waals surface area (Å²) in [6.07, 6.45) is 5.17. The normalized spacial score (nSPS) is 16.7. The first-order valence-electron chi connectivity index (χ1n) is 7.18. The van der Waals surface area contributed by atoms with Crippen LogP contribution in [0.25, 0.3) is 0 Å². The molecular formula is C15H22BrN3O2. The van der Waals surface area contributed by atoms with Crippen LogP contribution in [0.5, 0.6) is 0 Å². The van der Waals surface area contributed by atoms with Gasteiger partial charge in [-0.05, 0) is 55.6 Å². The number of amides is 1. The predicted octanol–water partition coefficient (Wildman–Crippen LogP) is 3.66. The van der Waals surface area contributed by atoms with Crippen molar-refractivity contribution in [1.82, 2.24) is 9.88 Å². The number of halogens is 1. The zero-order chi connectivity index (χ0) is 15.5. The van der Waals surface area contributed by atoms with Crippen LogP contribution in [-0.2, 0) is 4.74 Å². The van der Waals surface area contributed by atoms with Crippen molar-refractivity contribution >= 4 is 27.7 Å². The van der Waals surface area contributed by atoms with Gasteiger partial charge in [0.15, 0.2) is 0 Å². The Labute approximate surface area is 134 Å². The minimum atomic E-state index is -0.436. The van der Waals surface area contributed by atoms with Crippen molar-refractivity contribution < 1.29 is 9.53 Å². The van der Waals surface area contributed by atoms with Crippen LogP contribution in [0.15, 0.2) is 22.9 Å². The molecule has 0 aliphatic carbocycles. The fourth-order valence-corrected chi connectivity index (χ4v) is 2.62. The SMILES string of the molecule is CC(C)(C)OC(=O)N1CCC(Nc2cncc(Br)c2)CC1. The van der Waals surface area contributed by atoms with Crippen LogP contribution >= 0.6 is 15.9 Å². The van der Waals surface area contributed by atoms with E-state index in [1.807, 2.05) is 33.0 Å². The third-order valence-corrected chi connectivity index (χ3v) is 3.66. The van der Waals surface area contributed by atoms with E-state index < -0.39 is 5.60 Å². The fraction of sp³-hybridized carbons (Fsp3) is 0.600. The largest absolute Gasteiger partial charge is 0.444 e. The van der Waals surface area contributed by atoms with E-state index in [9.17, 15) is 4.79 Å². The van der Waals surface area contributed by atoms with Gasteiger partial charge in [0.05, 0.1) is 11.9 Å². The van der Waals surface area contributed by atoms with Gasteiger partial charge in [-0.1, -0.05) is 0 Å². The van der Waals surface area contributed by atoms with E-state index in [0.717, 1.165) is 23.0 Å². The Kier molecular flexibility index (Phi) is 5.08. The molecule has 0 saturated carbocycles. The number of carbonyl (C=O) groups excluding carboxylic acids is 1. The van der Waals surface area contributed by atoms with Crippen LogP contribution < -0.4 is 5.32 Å². The summed E-state index contributed by atoms with van der Waals surface area (Å²) in [6.45, 7) is 7.10. The molecule has 0 spiro atoms. The molecule has 1 N–H and O–H groups in total. The lowest BCUT2D eigenvalue weighted by Crippen LogP contribution is -2.44. The average molecular weight is 356 g/mol. The Bertz CT molecular complexity index is 494. The lowest BCUT2D eigenvalue weighted by molar-refractivity contribution is 0.0210. The molecule has 6 heteroatoms. The Morgan fingerprint density at radius 1 is 1.38 bits per heavy atom. The van der Waals surface area contributed by atoms with Crippen molar-refractivity contribution in [2.45, 2.75) is 45.3 Å². The Hall–Kier alpha value is -1.30. The van der Waals surface area contributed by atoms with Gasteiger partial charge in [-0.3, -0.25) is 4.98 Å². The van der Waals surface area contributed by atoms with Gasteiger partial charge < -0.3 is 15.0 Å². The van der Waals surface area contributed by atoms with E-state index in [-0.39, 0.29) is 6.09 Å². The second kappa shape index (κ2) is 6.64. The summed E-state index contributed by atoms with van der Waals surface area (Å²) in [5.41, 5.74) is 0.564. The summed E-state index contributed by atoms with van der Waals surface area (Å²) >= 11 is 3.41. The first-order valence-corrected chi connectivity index (χ1v) is 7.98. The van der Waals surface area contributed by atoms with Crippen molar-refractivity contribution in [3.05, 3.63) is 22.9 Å². The number of pyridine rings is 1. The highest BCUT2D eigenvalue weighted by molar-refractivity contribution is 9.10. The van der Waals surface area contributed by atoms with E-state index in [1.54, 1.807) is 11.1 Å². The van der Waals surface area contributed by atoms with E-state index in [2.05, 4.69) is 26.2 Å². The number of rotatable bonds is 2. The Balaban J connectivity index is 1.82. The number of nitrogens with one attached hydrogen (secondary N) is 1. The lowest BCUT2D eigenvalue weighted by atomic mass is 10.1. The van der Waals surface area contributed by atoms with Crippen molar-refractivity contribution in [2.24, 2.45) is 0 Å². The standard InChI is InChI=1S/C15H22BrN3O2/c1-15(2,3)21-14(20)19-6-4-12(5-7-19)18-13-8-11(16)9-17-10-13/h8-10,12,18H,4-7H2,1-3H3. The fourth-order valence-electron chi connectivity index (χ4n) is 2.26. The number of hydrogen-bond donors (Lipinski definition) is 1. The monoisotopic (exact) mass is 355 g/mol. The van der Waals surface area contributed by atoms with Gasteiger partial charge in [-0.15, -0.1) is 0 Å². The summed E-state index contributed by atoms with van der Waals surface area (Å²) in [5.74, 6) is 0. The van der Waals surface area contributed by atoms with Crippen molar-refractivity contribution in [3.8, 4) is 0 Å². The Morgan fingerprint density at radius 3 is 2.62 bits per heavy atom. The zero-order valence-electron chi connectivity index (χ0n) is 12.7. The van der Waals surface area contributed by atoms with Gasteiger partial charge in [-0.2, -0.15) is 0 Å². The number of ether oxygens (including phenoxy) is 1. The molecule has 5 nitrogen and oxygen atoms in total. The molecule has 2 rings (SSSR count). The highest BCUT2D eigenvalue weighted by Gasteiger charge is 2.26. The van der Waals surface area contributed by atoms with Crippen molar-refractivity contribution in [2.75, 3.05) is 18.4 Å². The minimum Gasteiger partial charge on any atom is -0.444 e. The summed E-state index contributed by atoms with van der Waals surface area (Å²) in [6, 6.07) is 2.37. The molecule has 1 aromatic rings. The second-order valence-corrected chi connectivity index (χ2v) is 7.19. The molecule has 0 radical (unpaired) electrons. The highest BCUT2D eigenvalue weighted by atomic mass is 79.9. The van der Waals surface area contributed by atoms with Crippen LogP contribution in [0.3, 0.4) is 0 Å².